The lowest BCUT2D eigenvalue weighted by atomic mass is 10.1. The fourth-order valence-electron chi connectivity index (χ4n) is 3.09. The first-order valence-corrected chi connectivity index (χ1v) is 10.3. The highest BCUT2D eigenvalue weighted by Crippen LogP contribution is 2.21. The molecule has 32 heavy (non-hydrogen) atoms. The van der Waals surface area contributed by atoms with Crippen molar-refractivity contribution in [1.29, 1.82) is 0 Å². The molecule has 0 spiro atoms. The number of furan rings is 1. The highest BCUT2D eigenvalue weighted by atomic mass is 16.4. The number of aromatic nitrogens is 1. The molecule has 2 aromatic carbocycles. The van der Waals surface area contributed by atoms with Crippen LogP contribution >= 0.6 is 0 Å². The SMILES string of the molecule is Cc1ccc(-c2cnc(CCC(=O)NCc3ccc(NC(=O)c4ccco4)cc3)o2)cc1. The maximum Gasteiger partial charge on any atom is 0.291 e. The normalized spacial score (nSPS) is 10.7. The Morgan fingerprint density at radius 1 is 1.00 bits per heavy atom. The van der Waals surface area contributed by atoms with Crippen LogP contribution in [0.3, 0.4) is 0 Å². The average molecular weight is 429 g/mol. The molecule has 0 unspecified atom stereocenters. The molecule has 2 amide bonds. The van der Waals surface area contributed by atoms with Gasteiger partial charge in [-0.3, -0.25) is 9.59 Å². The lowest BCUT2D eigenvalue weighted by molar-refractivity contribution is -0.121. The first kappa shape index (κ1) is 21.1. The number of oxazole rings is 1. The summed E-state index contributed by atoms with van der Waals surface area (Å²) in [5, 5.41) is 5.64. The Hall–Kier alpha value is -4.13. The van der Waals surface area contributed by atoms with Crippen molar-refractivity contribution in [3.8, 4) is 11.3 Å². The second kappa shape index (κ2) is 9.78. The summed E-state index contributed by atoms with van der Waals surface area (Å²) < 4.78 is 10.8. The van der Waals surface area contributed by atoms with E-state index in [1.807, 2.05) is 43.3 Å². The van der Waals surface area contributed by atoms with Crippen molar-refractivity contribution in [3.05, 3.63) is 95.9 Å². The lowest BCUT2D eigenvalue weighted by Gasteiger charge is -2.07. The number of aryl methyl sites for hydroxylation is 2. The third kappa shape index (κ3) is 5.51. The van der Waals surface area contributed by atoms with Crippen LogP contribution in [0.15, 0.2) is 82.0 Å². The molecule has 162 valence electrons. The number of carbonyl (C=O) groups is 2. The van der Waals surface area contributed by atoms with Gasteiger partial charge in [0.25, 0.3) is 5.91 Å². The Bertz CT molecular complexity index is 1180. The smallest absolute Gasteiger partial charge is 0.291 e. The van der Waals surface area contributed by atoms with E-state index in [1.165, 1.54) is 11.8 Å². The standard InChI is InChI=1S/C25H23N3O4/c1-17-4-8-19(9-5-17)22-16-27-24(32-22)13-12-23(29)26-15-18-6-10-20(11-7-18)28-25(30)21-3-2-14-31-21/h2-11,14,16H,12-13,15H2,1H3,(H,26,29)(H,28,30). The Morgan fingerprint density at radius 3 is 2.50 bits per heavy atom. The number of benzene rings is 2. The highest BCUT2D eigenvalue weighted by Gasteiger charge is 2.10. The van der Waals surface area contributed by atoms with E-state index in [-0.39, 0.29) is 24.0 Å². The Labute approximate surface area is 185 Å². The first-order valence-electron chi connectivity index (χ1n) is 10.3. The summed E-state index contributed by atoms with van der Waals surface area (Å²) in [4.78, 5) is 28.5. The van der Waals surface area contributed by atoms with Gasteiger partial charge in [0.2, 0.25) is 5.91 Å². The third-order valence-corrected chi connectivity index (χ3v) is 4.90. The molecular formula is C25H23N3O4. The number of carbonyl (C=O) groups excluding carboxylic acids is 2. The molecule has 0 aliphatic rings. The summed E-state index contributed by atoms with van der Waals surface area (Å²) in [7, 11) is 0. The van der Waals surface area contributed by atoms with Gasteiger partial charge in [-0.05, 0) is 36.8 Å². The van der Waals surface area contributed by atoms with Crippen LogP contribution < -0.4 is 10.6 Å². The van der Waals surface area contributed by atoms with E-state index >= 15 is 0 Å². The second-order valence-electron chi connectivity index (χ2n) is 7.39. The molecule has 4 aromatic rings. The molecule has 0 fully saturated rings. The van der Waals surface area contributed by atoms with Crippen molar-refractivity contribution in [3.63, 3.8) is 0 Å². The maximum absolute atomic E-state index is 12.2. The van der Waals surface area contributed by atoms with Crippen LogP contribution in [0.1, 0.15) is 34.0 Å². The molecule has 0 atom stereocenters. The van der Waals surface area contributed by atoms with Gasteiger partial charge in [-0.15, -0.1) is 0 Å². The molecule has 2 N–H and O–H groups in total. The quantitative estimate of drug-likeness (QED) is 0.421. The molecule has 0 aliphatic heterocycles. The minimum Gasteiger partial charge on any atom is -0.459 e. The monoisotopic (exact) mass is 429 g/mol. The zero-order valence-corrected chi connectivity index (χ0v) is 17.6. The summed E-state index contributed by atoms with van der Waals surface area (Å²) in [5.41, 5.74) is 3.71. The summed E-state index contributed by atoms with van der Waals surface area (Å²) in [6.45, 7) is 2.43. The zero-order chi connectivity index (χ0) is 22.3. The molecular weight excluding hydrogens is 406 g/mol. The van der Waals surface area contributed by atoms with Crippen LogP contribution in [0.5, 0.6) is 0 Å². The van der Waals surface area contributed by atoms with E-state index in [0.717, 1.165) is 11.1 Å². The molecule has 7 nitrogen and oxygen atoms in total. The van der Waals surface area contributed by atoms with Gasteiger partial charge in [0.05, 0.1) is 12.5 Å². The molecule has 0 saturated carbocycles. The van der Waals surface area contributed by atoms with E-state index in [0.29, 0.717) is 30.3 Å². The van der Waals surface area contributed by atoms with Gasteiger partial charge in [0, 0.05) is 30.6 Å². The van der Waals surface area contributed by atoms with Crippen LogP contribution in [0.25, 0.3) is 11.3 Å². The summed E-state index contributed by atoms with van der Waals surface area (Å²) >= 11 is 0. The van der Waals surface area contributed by atoms with Gasteiger partial charge in [0.1, 0.15) is 0 Å². The lowest BCUT2D eigenvalue weighted by Crippen LogP contribution is -2.23. The number of anilines is 1. The van der Waals surface area contributed by atoms with Gasteiger partial charge in [-0.25, -0.2) is 4.98 Å². The highest BCUT2D eigenvalue weighted by molar-refractivity contribution is 6.02. The van der Waals surface area contributed by atoms with E-state index in [2.05, 4.69) is 15.6 Å². The fraction of sp³-hybridized carbons (Fsp3) is 0.160. The number of rotatable bonds is 8. The van der Waals surface area contributed by atoms with Crippen LogP contribution in [-0.4, -0.2) is 16.8 Å². The molecule has 7 heteroatoms. The van der Waals surface area contributed by atoms with E-state index < -0.39 is 0 Å². The predicted molar refractivity (Wildman–Crippen MR) is 120 cm³/mol. The first-order chi connectivity index (χ1) is 15.6. The number of hydrogen-bond acceptors (Lipinski definition) is 5. The number of nitrogens with zero attached hydrogens (tertiary/aromatic N) is 1. The van der Waals surface area contributed by atoms with Crippen molar-refractivity contribution >= 4 is 17.5 Å². The van der Waals surface area contributed by atoms with E-state index in [4.69, 9.17) is 8.83 Å². The minimum absolute atomic E-state index is 0.0877. The van der Waals surface area contributed by atoms with Crippen molar-refractivity contribution in [1.82, 2.24) is 10.3 Å². The fourth-order valence-corrected chi connectivity index (χ4v) is 3.09. The maximum atomic E-state index is 12.2. The molecule has 0 bridgehead atoms. The van der Waals surface area contributed by atoms with Gasteiger partial charge in [-0.2, -0.15) is 0 Å². The van der Waals surface area contributed by atoms with Crippen molar-refractivity contribution in [2.75, 3.05) is 5.32 Å². The van der Waals surface area contributed by atoms with E-state index in [1.54, 1.807) is 30.5 Å². The number of amides is 2. The van der Waals surface area contributed by atoms with Gasteiger partial charge in [-0.1, -0.05) is 42.0 Å². The topological polar surface area (TPSA) is 97.4 Å². The average Bonchev–Trinajstić information content (AvgIpc) is 3.50. The summed E-state index contributed by atoms with van der Waals surface area (Å²) in [6, 6.07) is 18.5. The van der Waals surface area contributed by atoms with Crippen LogP contribution in [-0.2, 0) is 17.8 Å². The molecule has 0 aliphatic carbocycles. The van der Waals surface area contributed by atoms with Gasteiger partial charge < -0.3 is 19.5 Å². The Balaban J connectivity index is 1.22. The summed E-state index contributed by atoms with van der Waals surface area (Å²) in [6.07, 6.45) is 3.84. The van der Waals surface area contributed by atoms with Crippen molar-refractivity contribution in [2.24, 2.45) is 0 Å². The van der Waals surface area contributed by atoms with Gasteiger partial charge in [0.15, 0.2) is 17.4 Å². The molecule has 2 heterocycles. The predicted octanol–water partition coefficient (Wildman–Crippen LogP) is 4.74. The van der Waals surface area contributed by atoms with Crippen LogP contribution in [0.2, 0.25) is 0 Å². The molecule has 0 radical (unpaired) electrons. The minimum atomic E-state index is -0.312. The van der Waals surface area contributed by atoms with Gasteiger partial charge >= 0.3 is 0 Å². The molecule has 0 saturated heterocycles. The van der Waals surface area contributed by atoms with Crippen molar-refractivity contribution < 1.29 is 18.4 Å². The van der Waals surface area contributed by atoms with E-state index in [9.17, 15) is 9.59 Å². The third-order valence-electron chi connectivity index (χ3n) is 4.90. The Morgan fingerprint density at radius 2 is 1.78 bits per heavy atom. The second-order valence-corrected chi connectivity index (χ2v) is 7.39. The zero-order valence-electron chi connectivity index (χ0n) is 17.6. The van der Waals surface area contributed by atoms with Crippen LogP contribution in [0, 0.1) is 6.92 Å². The summed E-state index contributed by atoms with van der Waals surface area (Å²) in [5.74, 6) is 1.08. The number of hydrogen-bond donors (Lipinski definition) is 2. The Kier molecular flexibility index (Phi) is 6.46. The largest absolute Gasteiger partial charge is 0.459 e. The number of nitrogens with one attached hydrogen (secondary N) is 2. The molecule has 4 rings (SSSR count). The van der Waals surface area contributed by atoms with Crippen LogP contribution in [0.4, 0.5) is 5.69 Å². The van der Waals surface area contributed by atoms with Crippen molar-refractivity contribution in [2.45, 2.75) is 26.3 Å². The molecule has 2 aromatic heterocycles.